The van der Waals surface area contributed by atoms with Gasteiger partial charge in [0.2, 0.25) is 0 Å². The van der Waals surface area contributed by atoms with Crippen molar-refractivity contribution in [3.8, 4) is 0 Å². The lowest BCUT2D eigenvalue weighted by Gasteiger charge is -2.37. The summed E-state index contributed by atoms with van der Waals surface area (Å²) in [7, 11) is 0. The van der Waals surface area contributed by atoms with Gasteiger partial charge < -0.3 is 9.64 Å². The molecule has 0 spiro atoms. The number of hydrogen-bond acceptors (Lipinski definition) is 2. The molecule has 22 heavy (non-hydrogen) atoms. The first-order valence-corrected chi connectivity index (χ1v) is 8.36. The van der Waals surface area contributed by atoms with Gasteiger partial charge in [-0.3, -0.25) is 0 Å². The highest BCUT2D eigenvalue weighted by Gasteiger charge is 2.32. The monoisotopic (exact) mass is 343 g/mol. The van der Waals surface area contributed by atoms with Gasteiger partial charge in [-0.1, -0.05) is 36.2 Å². The van der Waals surface area contributed by atoms with E-state index >= 15 is 0 Å². The van der Waals surface area contributed by atoms with Crippen LogP contribution in [0.1, 0.15) is 45.6 Å². The van der Waals surface area contributed by atoms with Crippen LogP contribution in [0.25, 0.3) is 0 Å². The van der Waals surface area contributed by atoms with Crippen LogP contribution in [0.3, 0.4) is 0 Å². The number of benzene rings is 1. The van der Waals surface area contributed by atoms with Crippen LogP contribution in [0.5, 0.6) is 0 Å². The molecule has 1 heterocycles. The first-order chi connectivity index (χ1) is 10.2. The number of likely N-dealkylation sites (tertiary alicyclic amines) is 1. The minimum absolute atomic E-state index is 0.230. The predicted octanol–water partition coefficient (Wildman–Crippen LogP) is 5.35. The van der Waals surface area contributed by atoms with Crippen molar-refractivity contribution in [2.45, 2.75) is 45.6 Å². The first kappa shape index (κ1) is 17.4. The molecule has 0 saturated carbocycles. The number of carbonyl (C=O) groups excluding carboxylic acids is 1. The molecule has 1 aliphatic rings. The van der Waals surface area contributed by atoms with Crippen LogP contribution >= 0.6 is 23.2 Å². The standard InChI is InChI=1S/C17H23Cl2NO2/c1-11-10-20(16(21)22-17(2,3)4)8-7-13(11)12-5-6-14(18)15(19)9-12/h5-6,9,11,13H,7-8,10H2,1-4H3/t11-,13+/m1/s1. The third-order valence-corrected chi connectivity index (χ3v) is 4.67. The molecule has 1 aliphatic heterocycles. The molecule has 1 saturated heterocycles. The summed E-state index contributed by atoms with van der Waals surface area (Å²) in [6, 6.07) is 5.80. The molecule has 1 amide bonds. The summed E-state index contributed by atoms with van der Waals surface area (Å²) in [5.41, 5.74) is 0.728. The molecule has 0 radical (unpaired) electrons. The van der Waals surface area contributed by atoms with Crippen LogP contribution in [0.4, 0.5) is 4.79 Å². The first-order valence-electron chi connectivity index (χ1n) is 7.60. The smallest absolute Gasteiger partial charge is 0.410 e. The van der Waals surface area contributed by atoms with E-state index in [1.807, 2.05) is 39.0 Å². The van der Waals surface area contributed by atoms with E-state index in [1.165, 1.54) is 5.56 Å². The predicted molar refractivity (Wildman–Crippen MR) is 90.8 cm³/mol. The minimum Gasteiger partial charge on any atom is -0.444 e. The van der Waals surface area contributed by atoms with E-state index in [-0.39, 0.29) is 6.09 Å². The highest BCUT2D eigenvalue weighted by atomic mass is 35.5. The van der Waals surface area contributed by atoms with E-state index < -0.39 is 5.60 Å². The van der Waals surface area contributed by atoms with Crippen LogP contribution in [-0.2, 0) is 4.74 Å². The molecule has 0 aromatic heterocycles. The van der Waals surface area contributed by atoms with Crippen molar-refractivity contribution in [3.63, 3.8) is 0 Å². The van der Waals surface area contributed by atoms with Crippen LogP contribution in [0.15, 0.2) is 18.2 Å². The number of hydrogen-bond donors (Lipinski definition) is 0. The normalized spacial score (nSPS) is 22.5. The zero-order chi connectivity index (χ0) is 16.5. The van der Waals surface area contributed by atoms with Gasteiger partial charge in [-0.2, -0.15) is 0 Å². The summed E-state index contributed by atoms with van der Waals surface area (Å²) in [5, 5.41) is 1.16. The second-order valence-corrected chi connectivity index (χ2v) is 7.79. The number of rotatable bonds is 1. The van der Waals surface area contributed by atoms with Crippen molar-refractivity contribution in [2.24, 2.45) is 5.92 Å². The fraction of sp³-hybridized carbons (Fsp3) is 0.588. The molecular weight excluding hydrogens is 321 g/mol. The Kier molecular flexibility index (Phi) is 5.29. The maximum atomic E-state index is 12.2. The SMILES string of the molecule is C[C@@H]1CN(C(=O)OC(C)(C)C)CC[C@@H]1c1ccc(Cl)c(Cl)c1. The molecule has 3 nitrogen and oxygen atoms in total. The Hall–Kier alpha value is -0.930. The molecule has 1 aromatic carbocycles. The van der Waals surface area contributed by atoms with E-state index in [4.69, 9.17) is 27.9 Å². The van der Waals surface area contributed by atoms with E-state index in [2.05, 4.69) is 6.92 Å². The van der Waals surface area contributed by atoms with Gasteiger partial charge in [-0.15, -0.1) is 0 Å². The van der Waals surface area contributed by atoms with Crippen molar-refractivity contribution in [1.82, 2.24) is 4.90 Å². The fourth-order valence-electron chi connectivity index (χ4n) is 2.88. The molecule has 0 unspecified atom stereocenters. The summed E-state index contributed by atoms with van der Waals surface area (Å²) in [6.07, 6.45) is 0.671. The number of piperidine rings is 1. The summed E-state index contributed by atoms with van der Waals surface area (Å²) in [6.45, 7) is 9.21. The van der Waals surface area contributed by atoms with Crippen molar-refractivity contribution < 1.29 is 9.53 Å². The molecule has 2 rings (SSSR count). The van der Waals surface area contributed by atoms with Crippen molar-refractivity contribution in [1.29, 1.82) is 0 Å². The lowest BCUT2D eigenvalue weighted by Crippen LogP contribution is -2.44. The van der Waals surface area contributed by atoms with Crippen molar-refractivity contribution in [3.05, 3.63) is 33.8 Å². The summed E-state index contributed by atoms with van der Waals surface area (Å²) < 4.78 is 5.45. The molecule has 0 bridgehead atoms. The van der Waals surface area contributed by atoms with Crippen LogP contribution in [-0.4, -0.2) is 29.7 Å². The van der Waals surface area contributed by atoms with E-state index in [9.17, 15) is 4.79 Å². The molecule has 1 aromatic rings. The maximum Gasteiger partial charge on any atom is 0.410 e. The van der Waals surface area contributed by atoms with Gasteiger partial charge in [0.15, 0.2) is 0 Å². The Balaban J connectivity index is 2.03. The van der Waals surface area contributed by atoms with E-state index in [1.54, 1.807) is 4.90 Å². The van der Waals surface area contributed by atoms with Crippen molar-refractivity contribution in [2.75, 3.05) is 13.1 Å². The average Bonchev–Trinajstić information content (AvgIpc) is 2.40. The number of ether oxygens (including phenoxy) is 1. The lowest BCUT2D eigenvalue weighted by molar-refractivity contribution is 0.0155. The summed E-state index contributed by atoms with van der Waals surface area (Å²) in [5.74, 6) is 0.729. The molecule has 0 aliphatic carbocycles. The van der Waals surface area contributed by atoms with Gasteiger partial charge in [0.1, 0.15) is 5.60 Å². The Morgan fingerprint density at radius 2 is 1.95 bits per heavy atom. The Labute approximate surface area is 142 Å². The van der Waals surface area contributed by atoms with Gasteiger partial charge in [0.25, 0.3) is 0 Å². The van der Waals surface area contributed by atoms with Crippen LogP contribution in [0.2, 0.25) is 10.0 Å². The summed E-state index contributed by atoms with van der Waals surface area (Å²) >= 11 is 12.1. The number of carbonyl (C=O) groups is 1. The van der Waals surface area contributed by atoms with Gasteiger partial charge in [0, 0.05) is 13.1 Å². The molecule has 0 N–H and O–H groups in total. The van der Waals surface area contributed by atoms with Gasteiger partial charge in [-0.25, -0.2) is 4.79 Å². The highest BCUT2D eigenvalue weighted by Crippen LogP contribution is 2.35. The third kappa shape index (κ3) is 4.30. The number of halogens is 2. The van der Waals surface area contributed by atoms with E-state index in [0.717, 1.165) is 6.42 Å². The Morgan fingerprint density at radius 3 is 2.50 bits per heavy atom. The second kappa shape index (κ2) is 6.67. The number of amides is 1. The largest absolute Gasteiger partial charge is 0.444 e. The third-order valence-electron chi connectivity index (χ3n) is 3.93. The fourth-order valence-corrected chi connectivity index (χ4v) is 3.18. The molecule has 1 fully saturated rings. The van der Waals surface area contributed by atoms with E-state index in [0.29, 0.717) is 35.0 Å². The van der Waals surface area contributed by atoms with Crippen molar-refractivity contribution >= 4 is 29.3 Å². The quantitative estimate of drug-likeness (QED) is 0.687. The minimum atomic E-state index is -0.457. The topological polar surface area (TPSA) is 29.5 Å². The molecule has 2 atom stereocenters. The zero-order valence-electron chi connectivity index (χ0n) is 13.5. The maximum absolute atomic E-state index is 12.2. The zero-order valence-corrected chi connectivity index (χ0v) is 15.0. The number of nitrogens with zero attached hydrogens (tertiary/aromatic N) is 1. The molecular formula is C17H23Cl2NO2. The second-order valence-electron chi connectivity index (χ2n) is 6.97. The van der Waals surface area contributed by atoms with Crippen LogP contribution < -0.4 is 0 Å². The Bertz CT molecular complexity index is 554. The lowest BCUT2D eigenvalue weighted by atomic mass is 9.82. The van der Waals surface area contributed by atoms with Gasteiger partial charge >= 0.3 is 6.09 Å². The van der Waals surface area contributed by atoms with Gasteiger partial charge in [0.05, 0.1) is 10.0 Å². The molecule has 5 heteroatoms. The summed E-state index contributed by atoms with van der Waals surface area (Å²) in [4.78, 5) is 14.0. The van der Waals surface area contributed by atoms with Crippen LogP contribution in [0, 0.1) is 5.92 Å². The molecule has 122 valence electrons. The Morgan fingerprint density at radius 1 is 1.27 bits per heavy atom. The highest BCUT2D eigenvalue weighted by molar-refractivity contribution is 6.42. The van der Waals surface area contributed by atoms with Gasteiger partial charge in [-0.05, 0) is 56.7 Å². The average molecular weight is 344 g/mol.